The van der Waals surface area contributed by atoms with E-state index in [2.05, 4.69) is 40.0 Å². The van der Waals surface area contributed by atoms with Crippen molar-refractivity contribution in [1.82, 2.24) is 0 Å². The van der Waals surface area contributed by atoms with Gasteiger partial charge in [-0.25, -0.2) is 0 Å². The molecule has 1 aromatic carbocycles. The van der Waals surface area contributed by atoms with Gasteiger partial charge in [-0.3, -0.25) is 5.84 Å². The normalized spacial score (nSPS) is 10.3. The Morgan fingerprint density at radius 3 is 1.31 bits per heavy atom. The number of nitrogens with one attached hydrogen (secondary N) is 1. The van der Waals surface area contributed by atoms with Crippen molar-refractivity contribution in [2.45, 2.75) is 34.6 Å². The average Bonchev–Trinajstić information content (AvgIpc) is 2.13. The van der Waals surface area contributed by atoms with Crippen LogP contribution in [0.1, 0.15) is 27.8 Å². The molecule has 0 unspecified atom stereocenters. The van der Waals surface area contributed by atoms with E-state index in [9.17, 15) is 0 Å². The summed E-state index contributed by atoms with van der Waals surface area (Å²) in [6, 6.07) is 0. The third kappa shape index (κ3) is 1.42. The van der Waals surface area contributed by atoms with Crippen LogP contribution in [0, 0.1) is 34.6 Å². The van der Waals surface area contributed by atoms with E-state index >= 15 is 0 Å². The van der Waals surface area contributed by atoms with Gasteiger partial charge in [0.25, 0.3) is 0 Å². The molecule has 13 heavy (non-hydrogen) atoms. The molecule has 1 rings (SSSR count). The standard InChI is InChI=1S/C11H18N2/c1-6-7(2)9(4)11(13-12)10(5)8(6)3/h13H,12H2,1-5H3. The first-order valence-electron chi connectivity index (χ1n) is 4.54. The highest BCUT2D eigenvalue weighted by atomic mass is 15.2. The zero-order chi connectivity index (χ0) is 10.2. The Labute approximate surface area is 80.1 Å². The number of nitrogen functional groups attached to an aromatic ring is 1. The molecule has 0 saturated carbocycles. The Hall–Kier alpha value is -1.02. The van der Waals surface area contributed by atoms with Gasteiger partial charge in [0, 0.05) is 0 Å². The maximum atomic E-state index is 5.49. The van der Waals surface area contributed by atoms with Crippen LogP contribution < -0.4 is 11.3 Å². The molecule has 0 saturated heterocycles. The van der Waals surface area contributed by atoms with Gasteiger partial charge < -0.3 is 5.43 Å². The van der Waals surface area contributed by atoms with E-state index in [1.165, 1.54) is 27.8 Å². The van der Waals surface area contributed by atoms with Gasteiger partial charge in [-0.05, 0) is 62.4 Å². The highest BCUT2D eigenvalue weighted by molar-refractivity contribution is 5.63. The fourth-order valence-electron chi connectivity index (χ4n) is 1.72. The molecule has 0 bridgehead atoms. The highest BCUT2D eigenvalue weighted by Crippen LogP contribution is 2.29. The Kier molecular flexibility index (Phi) is 2.62. The van der Waals surface area contributed by atoms with E-state index < -0.39 is 0 Å². The number of hydrazine groups is 1. The molecule has 0 atom stereocenters. The first-order chi connectivity index (χ1) is 6.00. The lowest BCUT2D eigenvalue weighted by Crippen LogP contribution is -2.12. The minimum absolute atomic E-state index is 1.07. The lowest BCUT2D eigenvalue weighted by Gasteiger charge is -2.17. The Morgan fingerprint density at radius 1 is 0.692 bits per heavy atom. The predicted molar refractivity (Wildman–Crippen MR) is 57.9 cm³/mol. The topological polar surface area (TPSA) is 38.0 Å². The molecular formula is C11H18N2. The van der Waals surface area contributed by atoms with Crippen LogP contribution in [0.2, 0.25) is 0 Å². The summed E-state index contributed by atoms with van der Waals surface area (Å²) in [5.74, 6) is 5.49. The van der Waals surface area contributed by atoms with Crippen molar-refractivity contribution in [2.24, 2.45) is 5.84 Å². The van der Waals surface area contributed by atoms with E-state index in [-0.39, 0.29) is 0 Å². The lowest BCUT2D eigenvalue weighted by atomic mass is 9.93. The van der Waals surface area contributed by atoms with E-state index in [1.54, 1.807) is 0 Å². The van der Waals surface area contributed by atoms with Crippen molar-refractivity contribution >= 4 is 5.69 Å². The van der Waals surface area contributed by atoms with Crippen molar-refractivity contribution in [2.75, 3.05) is 5.43 Å². The van der Waals surface area contributed by atoms with Gasteiger partial charge in [-0.2, -0.15) is 0 Å². The summed E-state index contributed by atoms with van der Waals surface area (Å²) < 4.78 is 0. The summed E-state index contributed by atoms with van der Waals surface area (Å²) in [7, 11) is 0. The maximum Gasteiger partial charge on any atom is 0.0548 e. The molecule has 3 N–H and O–H groups in total. The highest BCUT2D eigenvalue weighted by Gasteiger charge is 2.10. The number of hydrogen-bond acceptors (Lipinski definition) is 2. The number of hydrogen-bond donors (Lipinski definition) is 2. The van der Waals surface area contributed by atoms with Gasteiger partial charge in [-0.1, -0.05) is 0 Å². The van der Waals surface area contributed by atoms with Crippen molar-refractivity contribution < 1.29 is 0 Å². The fourth-order valence-corrected chi connectivity index (χ4v) is 1.72. The van der Waals surface area contributed by atoms with Crippen molar-refractivity contribution in [1.29, 1.82) is 0 Å². The molecule has 0 aliphatic carbocycles. The predicted octanol–water partition coefficient (Wildman–Crippen LogP) is 2.51. The van der Waals surface area contributed by atoms with Gasteiger partial charge in [0.15, 0.2) is 0 Å². The summed E-state index contributed by atoms with van der Waals surface area (Å²) in [5, 5.41) is 0. The van der Waals surface area contributed by atoms with Crippen LogP contribution in [-0.4, -0.2) is 0 Å². The summed E-state index contributed by atoms with van der Waals surface area (Å²) in [5.41, 5.74) is 10.4. The number of rotatable bonds is 1. The lowest BCUT2D eigenvalue weighted by molar-refractivity contribution is 1.15. The van der Waals surface area contributed by atoms with E-state index in [0.29, 0.717) is 0 Å². The van der Waals surface area contributed by atoms with E-state index in [4.69, 9.17) is 5.84 Å². The zero-order valence-corrected chi connectivity index (χ0v) is 9.08. The summed E-state index contributed by atoms with van der Waals surface area (Å²) in [6.45, 7) is 10.6. The Balaban J connectivity index is 3.56. The van der Waals surface area contributed by atoms with Crippen LogP contribution in [0.4, 0.5) is 5.69 Å². The number of benzene rings is 1. The molecule has 0 aliphatic heterocycles. The first-order valence-corrected chi connectivity index (χ1v) is 4.54. The summed E-state index contributed by atoms with van der Waals surface area (Å²) in [6.07, 6.45) is 0. The molecule has 72 valence electrons. The number of nitrogens with two attached hydrogens (primary N) is 1. The van der Waals surface area contributed by atoms with Gasteiger partial charge >= 0.3 is 0 Å². The van der Waals surface area contributed by atoms with Crippen LogP contribution in [0.5, 0.6) is 0 Å². The molecule has 2 nitrogen and oxygen atoms in total. The minimum Gasteiger partial charge on any atom is -0.324 e. The molecule has 0 aromatic heterocycles. The molecule has 0 spiro atoms. The second-order valence-corrected chi connectivity index (χ2v) is 3.64. The molecule has 0 heterocycles. The molecule has 1 aromatic rings. The van der Waals surface area contributed by atoms with Gasteiger partial charge in [0.1, 0.15) is 0 Å². The van der Waals surface area contributed by atoms with Gasteiger partial charge in [-0.15, -0.1) is 0 Å². The average molecular weight is 178 g/mol. The van der Waals surface area contributed by atoms with Crippen LogP contribution in [0.25, 0.3) is 0 Å². The van der Waals surface area contributed by atoms with Crippen LogP contribution in [-0.2, 0) is 0 Å². The summed E-state index contributed by atoms with van der Waals surface area (Å²) in [4.78, 5) is 0. The molecule has 0 radical (unpaired) electrons. The minimum atomic E-state index is 1.07. The maximum absolute atomic E-state index is 5.49. The smallest absolute Gasteiger partial charge is 0.0548 e. The number of anilines is 1. The SMILES string of the molecule is Cc1c(C)c(C)c(NN)c(C)c1C. The van der Waals surface area contributed by atoms with Crippen LogP contribution in [0.3, 0.4) is 0 Å². The Bertz CT molecular complexity index is 311. The van der Waals surface area contributed by atoms with Crippen molar-refractivity contribution in [3.8, 4) is 0 Å². The van der Waals surface area contributed by atoms with Gasteiger partial charge in [0.05, 0.1) is 5.69 Å². The van der Waals surface area contributed by atoms with Gasteiger partial charge in [0.2, 0.25) is 0 Å². The first kappa shape index (κ1) is 10.1. The van der Waals surface area contributed by atoms with Crippen LogP contribution in [0.15, 0.2) is 0 Å². The van der Waals surface area contributed by atoms with Crippen LogP contribution >= 0.6 is 0 Å². The van der Waals surface area contributed by atoms with E-state index in [1.807, 2.05) is 0 Å². The third-order valence-corrected chi connectivity index (χ3v) is 3.14. The zero-order valence-electron chi connectivity index (χ0n) is 9.08. The summed E-state index contributed by atoms with van der Waals surface area (Å²) >= 11 is 0. The fraction of sp³-hybridized carbons (Fsp3) is 0.455. The Morgan fingerprint density at radius 2 is 1.00 bits per heavy atom. The monoisotopic (exact) mass is 178 g/mol. The van der Waals surface area contributed by atoms with E-state index in [0.717, 1.165) is 5.69 Å². The molecule has 2 heteroatoms. The second kappa shape index (κ2) is 3.38. The quantitative estimate of drug-likeness (QED) is 0.512. The molecular weight excluding hydrogens is 160 g/mol. The van der Waals surface area contributed by atoms with Crippen molar-refractivity contribution in [3.05, 3.63) is 27.8 Å². The second-order valence-electron chi connectivity index (χ2n) is 3.64. The van der Waals surface area contributed by atoms with Crippen molar-refractivity contribution in [3.63, 3.8) is 0 Å². The molecule has 0 amide bonds. The molecule has 0 fully saturated rings. The largest absolute Gasteiger partial charge is 0.324 e. The molecule has 0 aliphatic rings. The third-order valence-electron chi connectivity index (χ3n) is 3.14.